The van der Waals surface area contributed by atoms with Gasteiger partial charge in [-0.2, -0.15) is 0 Å². The van der Waals surface area contributed by atoms with Gasteiger partial charge in [0, 0.05) is 13.2 Å². The van der Waals surface area contributed by atoms with Crippen LogP contribution in [-0.2, 0) is 14.8 Å². The molecular weight excluding hydrogens is 292 g/mol. The topological polar surface area (TPSA) is 90.7 Å². The minimum atomic E-state index is -3.57. The van der Waals surface area contributed by atoms with Crippen LogP contribution in [0.25, 0.3) is 0 Å². The summed E-state index contributed by atoms with van der Waals surface area (Å²) in [6.45, 7) is 3.76. The van der Waals surface area contributed by atoms with Gasteiger partial charge in [-0.25, -0.2) is 13.1 Å². The van der Waals surface area contributed by atoms with Gasteiger partial charge < -0.3 is 15.2 Å². The van der Waals surface area contributed by atoms with Crippen LogP contribution in [-0.4, -0.2) is 40.3 Å². The quantitative estimate of drug-likeness (QED) is 0.813. The third-order valence-electron chi connectivity index (χ3n) is 3.34. The van der Waals surface area contributed by atoms with Crippen LogP contribution in [0.4, 0.5) is 0 Å². The molecule has 21 heavy (non-hydrogen) atoms. The summed E-state index contributed by atoms with van der Waals surface area (Å²) in [5, 5.41) is 0. The standard InChI is InChI=1S/C14H22N2O4S/c1-14(7-2-9-19-11-14)16-21(17,18)13-5-3-12(4-6-13)20-10-8-15/h3-6,16H,2,7-11,15H2,1H3. The predicted molar refractivity (Wildman–Crippen MR) is 79.8 cm³/mol. The van der Waals surface area contributed by atoms with E-state index in [1.807, 2.05) is 6.92 Å². The van der Waals surface area contributed by atoms with E-state index in [1.165, 1.54) is 12.1 Å². The summed E-state index contributed by atoms with van der Waals surface area (Å²) in [5.41, 5.74) is 4.80. The van der Waals surface area contributed by atoms with Crippen molar-refractivity contribution in [1.29, 1.82) is 0 Å². The Morgan fingerprint density at radius 3 is 2.67 bits per heavy atom. The maximum absolute atomic E-state index is 12.4. The summed E-state index contributed by atoms with van der Waals surface area (Å²) in [7, 11) is -3.57. The molecule has 0 amide bonds. The summed E-state index contributed by atoms with van der Waals surface area (Å²) in [6, 6.07) is 6.32. The molecule has 2 rings (SSSR count). The maximum atomic E-state index is 12.4. The molecule has 0 spiro atoms. The molecule has 0 radical (unpaired) electrons. The molecule has 1 fully saturated rings. The van der Waals surface area contributed by atoms with E-state index < -0.39 is 15.6 Å². The smallest absolute Gasteiger partial charge is 0.241 e. The Morgan fingerprint density at radius 1 is 1.38 bits per heavy atom. The van der Waals surface area contributed by atoms with Gasteiger partial charge in [-0.3, -0.25) is 0 Å². The molecule has 1 aliphatic rings. The van der Waals surface area contributed by atoms with Crippen LogP contribution in [0.2, 0.25) is 0 Å². The average Bonchev–Trinajstić information content (AvgIpc) is 2.45. The van der Waals surface area contributed by atoms with Crippen LogP contribution in [0.15, 0.2) is 29.2 Å². The lowest BCUT2D eigenvalue weighted by Crippen LogP contribution is -2.51. The van der Waals surface area contributed by atoms with Crippen LogP contribution < -0.4 is 15.2 Å². The van der Waals surface area contributed by atoms with Gasteiger partial charge in [0.2, 0.25) is 10.0 Å². The second-order valence-corrected chi connectivity index (χ2v) is 7.11. The molecule has 0 aliphatic carbocycles. The fraction of sp³-hybridized carbons (Fsp3) is 0.571. The second-order valence-electron chi connectivity index (χ2n) is 5.43. The van der Waals surface area contributed by atoms with Crippen LogP contribution in [0.3, 0.4) is 0 Å². The van der Waals surface area contributed by atoms with Gasteiger partial charge in [-0.05, 0) is 44.0 Å². The van der Waals surface area contributed by atoms with E-state index in [0.29, 0.717) is 32.1 Å². The summed E-state index contributed by atoms with van der Waals surface area (Å²) in [6.07, 6.45) is 1.62. The van der Waals surface area contributed by atoms with Crippen molar-refractivity contribution in [2.45, 2.75) is 30.2 Å². The van der Waals surface area contributed by atoms with E-state index in [2.05, 4.69) is 4.72 Å². The van der Waals surface area contributed by atoms with Crippen LogP contribution in [0, 0.1) is 0 Å². The predicted octanol–water partition coefficient (Wildman–Crippen LogP) is 0.871. The van der Waals surface area contributed by atoms with Crippen molar-refractivity contribution in [3.05, 3.63) is 24.3 Å². The summed E-state index contributed by atoms with van der Waals surface area (Å²) < 4.78 is 38.2. The van der Waals surface area contributed by atoms with Crippen molar-refractivity contribution in [2.24, 2.45) is 5.73 Å². The Hall–Kier alpha value is -1.15. The Morgan fingerprint density at radius 2 is 2.10 bits per heavy atom. The number of sulfonamides is 1. The minimum Gasteiger partial charge on any atom is -0.492 e. The highest BCUT2D eigenvalue weighted by atomic mass is 32.2. The summed E-state index contributed by atoms with van der Waals surface area (Å²) in [4.78, 5) is 0.217. The first kappa shape index (κ1) is 16.2. The zero-order valence-corrected chi connectivity index (χ0v) is 13.0. The van der Waals surface area contributed by atoms with Crippen molar-refractivity contribution in [2.75, 3.05) is 26.4 Å². The monoisotopic (exact) mass is 314 g/mol. The second kappa shape index (κ2) is 6.74. The third-order valence-corrected chi connectivity index (χ3v) is 4.99. The van der Waals surface area contributed by atoms with Gasteiger partial charge in [0.05, 0.1) is 17.0 Å². The molecule has 1 unspecified atom stereocenters. The van der Waals surface area contributed by atoms with E-state index in [4.69, 9.17) is 15.2 Å². The van der Waals surface area contributed by atoms with Gasteiger partial charge in [0.1, 0.15) is 12.4 Å². The van der Waals surface area contributed by atoms with Gasteiger partial charge in [0.25, 0.3) is 0 Å². The Balaban J connectivity index is 2.08. The summed E-state index contributed by atoms with van der Waals surface area (Å²) >= 11 is 0. The highest BCUT2D eigenvalue weighted by Gasteiger charge is 2.32. The first-order chi connectivity index (χ1) is 9.95. The molecule has 1 heterocycles. The van der Waals surface area contributed by atoms with Gasteiger partial charge >= 0.3 is 0 Å². The van der Waals surface area contributed by atoms with Gasteiger partial charge in [0.15, 0.2) is 0 Å². The third kappa shape index (κ3) is 4.41. The summed E-state index contributed by atoms with van der Waals surface area (Å²) in [5.74, 6) is 0.603. The zero-order chi connectivity index (χ0) is 15.3. The van der Waals surface area contributed by atoms with E-state index in [1.54, 1.807) is 12.1 Å². The van der Waals surface area contributed by atoms with Crippen molar-refractivity contribution >= 4 is 10.0 Å². The lowest BCUT2D eigenvalue weighted by atomic mass is 9.97. The first-order valence-corrected chi connectivity index (χ1v) is 8.48. The molecule has 7 heteroatoms. The molecule has 3 N–H and O–H groups in total. The van der Waals surface area contributed by atoms with E-state index in [-0.39, 0.29) is 4.90 Å². The van der Waals surface area contributed by atoms with Crippen LogP contribution >= 0.6 is 0 Å². The number of rotatable bonds is 6. The van der Waals surface area contributed by atoms with Crippen molar-refractivity contribution in [3.63, 3.8) is 0 Å². The molecule has 1 aliphatic heterocycles. The molecule has 118 valence electrons. The fourth-order valence-corrected chi connectivity index (χ4v) is 3.71. The van der Waals surface area contributed by atoms with Crippen LogP contribution in [0.1, 0.15) is 19.8 Å². The highest BCUT2D eigenvalue weighted by molar-refractivity contribution is 7.89. The SMILES string of the molecule is CC1(NS(=O)(=O)c2ccc(OCCN)cc2)CCCOC1. The molecule has 0 aromatic heterocycles. The number of benzene rings is 1. The molecule has 1 saturated heterocycles. The lowest BCUT2D eigenvalue weighted by Gasteiger charge is -2.33. The Kier molecular flexibility index (Phi) is 5.21. The van der Waals surface area contributed by atoms with Gasteiger partial charge in [-0.15, -0.1) is 0 Å². The van der Waals surface area contributed by atoms with Crippen molar-refractivity contribution in [3.8, 4) is 5.75 Å². The molecule has 0 saturated carbocycles. The van der Waals surface area contributed by atoms with Gasteiger partial charge in [-0.1, -0.05) is 0 Å². The van der Waals surface area contributed by atoms with E-state index in [9.17, 15) is 8.42 Å². The number of hydrogen-bond donors (Lipinski definition) is 2. The van der Waals surface area contributed by atoms with Crippen molar-refractivity contribution < 1.29 is 17.9 Å². The van der Waals surface area contributed by atoms with Crippen molar-refractivity contribution in [1.82, 2.24) is 4.72 Å². The largest absolute Gasteiger partial charge is 0.492 e. The van der Waals surface area contributed by atoms with E-state index in [0.717, 1.165) is 12.8 Å². The number of nitrogens with two attached hydrogens (primary N) is 1. The van der Waals surface area contributed by atoms with E-state index >= 15 is 0 Å². The highest BCUT2D eigenvalue weighted by Crippen LogP contribution is 2.22. The zero-order valence-electron chi connectivity index (χ0n) is 12.2. The molecule has 1 aromatic carbocycles. The van der Waals surface area contributed by atoms with Crippen LogP contribution in [0.5, 0.6) is 5.75 Å². The minimum absolute atomic E-state index is 0.217. The Labute approximate surface area is 125 Å². The maximum Gasteiger partial charge on any atom is 0.241 e. The molecule has 6 nitrogen and oxygen atoms in total. The molecule has 1 aromatic rings. The number of nitrogens with one attached hydrogen (secondary N) is 1. The lowest BCUT2D eigenvalue weighted by molar-refractivity contribution is 0.0386. The average molecular weight is 314 g/mol. The number of ether oxygens (including phenoxy) is 2. The fourth-order valence-electron chi connectivity index (χ4n) is 2.29. The molecule has 1 atom stereocenters. The normalized spacial score (nSPS) is 23.0. The first-order valence-electron chi connectivity index (χ1n) is 7.00. The Bertz CT molecular complexity index is 551. The molecular formula is C14H22N2O4S. The molecule has 0 bridgehead atoms. The number of hydrogen-bond acceptors (Lipinski definition) is 5.